The van der Waals surface area contributed by atoms with Crippen LogP contribution in [-0.2, 0) is 0 Å². The Bertz CT molecular complexity index is 613. The number of nitrogens with zero attached hydrogens (tertiary/aromatic N) is 1. The lowest BCUT2D eigenvalue weighted by atomic mass is 9.96. The number of piperazine rings is 1. The number of hydrogen-bond acceptors (Lipinski definition) is 3. The third-order valence-electron chi connectivity index (χ3n) is 3.97. The van der Waals surface area contributed by atoms with Gasteiger partial charge < -0.3 is 5.32 Å². The van der Waals surface area contributed by atoms with Crippen molar-refractivity contribution in [3.05, 3.63) is 57.3 Å². The fraction of sp³-hybridized carbons (Fsp3) is 0.375. The van der Waals surface area contributed by atoms with Crippen molar-refractivity contribution in [3.8, 4) is 0 Å². The van der Waals surface area contributed by atoms with Crippen molar-refractivity contribution in [1.29, 1.82) is 0 Å². The van der Waals surface area contributed by atoms with Crippen LogP contribution in [0.2, 0.25) is 0 Å². The van der Waals surface area contributed by atoms with Crippen LogP contribution in [0.25, 0.3) is 0 Å². The van der Waals surface area contributed by atoms with Crippen molar-refractivity contribution >= 4 is 23.7 Å². The molecule has 6 heteroatoms. The molecule has 1 aromatic carbocycles. The Hall–Kier alpha value is -1.01. The van der Waals surface area contributed by atoms with Gasteiger partial charge in [-0.3, -0.25) is 4.90 Å². The van der Waals surface area contributed by atoms with Crippen LogP contribution < -0.4 is 5.32 Å². The number of thiophene rings is 1. The largest absolute Gasteiger partial charge is 0.314 e. The Morgan fingerprint density at radius 3 is 2.55 bits per heavy atom. The van der Waals surface area contributed by atoms with Gasteiger partial charge in [-0.25, -0.2) is 8.78 Å². The Labute approximate surface area is 139 Å². The maximum atomic E-state index is 14.6. The van der Waals surface area contributed by atoms with Crippen LogP contribution in [0.4, 0.5) is 8.78 Å². The number of halogens is 3. The highest BCUT2D eigenvalue weighted by atomic mass is 35.5. The molecule has 0 spiro atoms. The van der Waals surface area contributed by atoms with E-state index in [9.17, 15) is 8.78 Å². The summed E-state index contributed by atoms with van der Waals surface area (Å²) >= 11 is 1.56. The lowest BCUT2D eigenvalue weighted by Gasteiger charge is -2.35. The summed E-state index contributed by atoms with van der Waals surface area (Å²) in [5.74, 6) is -0.891. The zero-order chi connectivity index (χ0) is 14.8. The maximum Gasteiger partial charge on any atom is 0.134 e. The molecular formula is C16H19ClF2N2S. The minimum absolute atomic E-state index is 0. The van der Waals surface area contributed by atoms with Crippen LogP contribution in [0, 0.1) is 18.6 Å². The highest BCUT2D eigenvalue weighted by Gasteiger charge is 2.29. The van der Waals surface area contributed by atoms with Crippen molar-refractivity contribution in [1.82, 2.24) is 10.2 Å². The first-order chi connectivity index (χ1) is 10.2. The third kappa shape index (κ3) is 3.33. The van der Waals surface area contributed by atoms with Crippen LogP contribution in [0.1, 0.15) is 22.7 Å². The van der Waals surface area contributed by atoms with Crippen LogP contribution in [0.5, 0.6) is 0 Å². The van der Waals surface area contributed by atoms with E-state index < -0.39 is 11.6 Å². The molecule has 0 aliphatic carbocycles. The molecule has 0 bridgehead atoms. The summed E-state index contributed by atoms with van der Waals surface area (Å²) in [5.41, 5.74) is 1.63. The molecule has 3 rings (SSSR count). The fourth-order valence-electron chi connectivity index (χ4n) is 2.86. The Balaban J connectivity index is 0.00000176. The van der Waals surface area contributed by atoms with E-state index in [2.05, 4.69) is 10.2 Å². The highest BCUT2D eigenvalue weighted by Crippen LogP contribution is 2.34. The molecule has 22 heavy (non-hydrogen) atoms. The molecule has 2 nitrogen and oxygen atoms in total. The van der Waals surface area contributed by atoms with Gasteiger partial charge in [0.15, 0.2) is 0 Å². The summed E-state index contributed by atoms with van der Waals surface area (Å²) in [5, 5.41) is 7.21. The van der Waals surface area contributed by atoms with Gasteiger partial charge in [-0.2, -0.15) is 11.3 Å². The van der Waals surface area contributed by atoms with E-state index in [4.69, 9.17) is 0 Å². The predicted octanol–water partition coefficient (Wildman–Crippen LogP) is 3.75. The van der Waals surface area contributed by atoms with Crippen LogP contribution in [0.15, 0.2) is 29.0 Å². The number of aryl methyl sites for hydroxylation is 1. The monoisotopic (exact) mass is 344 g/mol. The van der Waals surface area contributed by atoms with Gasteiger partial charge >= 0.3 is 0 Å². The summed E-state index contributed by atoms with van der Waals surface area (Å²) in [6.07, 6.45) is 0. The fourth-order valence-corrected chi connectivity index (χ4v) is 3.54. The van der Waals surface area contributed by atoms with Crippen molar-refractivity contribution in [2.75, 3.05) is 26.2 Å². The number of rotatable bonds is 3. The normalized spacial score (nSPS) is 17.0. The number of nitrogens with one attached hydrogen (secondary N) is 1. The van der Waals surface area contributed by atoms with Crippen molar-refractivity contribution < 1.29 is 8.78 Å². The first-order valence-corrected chi connectivity index (χ1v) is 8.04. The standard InChI is InChI=1S/C16H18F2N2S.ClH/c1-11-2-3-13(17)14(15(11)18)16(12-4-9-21-10-12)20-7-5-19-6-8-20;/h2-4,9-10,16,19H,5-8H2,1H3;1H/t16-;/m0./s1. The summed E-state index contributed by atoms with van der Waals surface area (Å²) in [7, 11) is 0. The van der Waals surface area contributed by atoms with E-state index >= 15 is 0 Å². The lowest BCUT2D eigenvalue weighted by molar-refractivity contribution is 0.192. The average Bonchev–Trinajstić information content (AvgIpc) is 3.02. The van der Waals surface area contributed by atoms with Gasteiger partial charge in [0, 0.05) is 31.7 Å². The summed E-state index contributed by atoms with van der Waals surface area (Å²) in [6.45, 7) is 4.94. The predicted molar refractivity (Wildman–Crippen MR) is 88.9 cm³/mol. The van der Waals surface area contributed by atoms with E-state index in [1.165, 1.54) is 12.1 Å². The molecule has 0 saturated carbocycles. The molecule has 1 aromatic heterocycles. The van der Waals surface area contributed by atoms with E-state index in [1.807, 2.05) is 16.8 Å². The van der Waals surface area contributed by atoms with Gasteiger partial charge in [0.1, 0.15) is 11.6 Å². The molecule has 2 aromatic rings. The first-order valence-electron chi connectivity index (χ1n) is 7.10. The second-order valence-electron chi connectivity index (χ2n) is 5.34. The van der Waals surface area contributed by atoms with Gasteiger partial charge in [-0.15, -0.1) is 12.4 Å². The van der Waals surface area contributed by atoms with Crippen LogP contribution in [0.3, 0.4) is 0 Å². The molecule has 1 saturated heterocycles. The molecule has 1 atom stereocenters. The van der Waals surface area contributed by atoms with Crippen molar-refractivity contribution in [2.24, 2.45) is 0 Å². The molecular weight excluding hydrogens is 326 g/mol. The van der Waals surface area contributed by atoms with Gasteiger partial charge in [-0.05, 0) is 40.9 Å². The minimum atomic E-state index is -0.465. The molecule has 1 N–H and O–H groups in total. The number of hydrogen-bond donors (Lipinski definition) is 1. The molecule has 1 fully saturated rings. The molecule has 2 heterocycles. The molecule has 120 valence electrons. The average molecular weight is 345 g/mol. The van der Waals surface area contributed by atoms with E-state index in [0.29, 0.717) is 5.56 Å². The Morgan fingerprint density at radius 2 is 1.91 bits per heavy atom. The molecule has 1 aliphatic rings. The SMILES string of the molecule is Cc1ccc(F)c([C@H](c2ccsc2)N2CCNCC2)c1F.Cl. The quantitative estimate of drug-likeness (QED) is 0.912. The lowest BCUT2D eigenvalue weighted by Crippen LogP contribution is -2.45. The summed E-state index contributed by atoms with van der Waals surface area (Å²) in [4.78, 5) is 2.15. The molecule has 0 radical (unpaired) electrons. The molecule has 0 unspecified atom stereocenters. The van der Waals surface area contributed by atoms with Crippen LogP contribution >= 0.6 is 23.7 Å². The second kappa shape index (κ2) is 7.51. The summed E-state index contributed by atoms with van der Waals surface area (Å²) in [6, 6.07) is 4.48. The number of benzene rings is 1. The molecule has 1 aliphatic heterocycles. The van der Waals surface area contributed by atoms with E-state index in [-0.39, 0.29) is 24.0 Å². The Morgan fingerprint density at radius 1 is 1.18 bits per heavy atom. The Kier molecular flexibility index (Phi) is 5.92. The van der Waals surface area contributed by atoms with Crippen molar-refractivity contribution in [3.63, 3.8) is 0 Å². The van der Waals surface area contributed by atoms with Gasteiger partial charge in [0.25, 0.3) is 0 Å². The third-order valence-corrected chi connectivity index (χ3v) is 4.67. The first kappa shape index (κ1) is 17.3. The topological polar surface area (TPSA) is 15.3 Å². The van der Waals surface area contributed by atoms with Crippen molar-refractivity contribution in [2.45, 2.75) is 13.0 Å². The van der Waals surface area contributed by atoms with E-state index in [1.54, 1.807) is 18.3 Å². The smallest absolute Gasteiger partial charge is 0.134 e. The summed E-state index contributed by atoms with van der Waals surface area (Å²) < 4.78 is 28.9. The van der Waals surface area contributed by atoms with Crippen LogP contribution in [-0.4, -0.2) is 31.1 Å². The highest BCUT2D eigenvalue weighted by molar-refractivity contribution is 7.08. The van der Waals surface area contributed by atoms with Gasteiger partial charge in [0.2, 0.25) is 0 Å². The minimum Gasteiger partial charge on any atom is -0.314 e. The second-order valence-corrected chi connectivity index (χ2v) is 6.12. The molecule has 0 amide bonds. The zero-order valence-electron chi connectivity index (χ0n) is 12.3. The maximum absolute atomic E-state index is 14.6. The van der Waals surface area contributed by atoms with E-state index in [0.717, 1.165) is 31.7 Å². The van der Waals surface area contributed by atoms with Gasteiger partial charge in [0.05, 0.1) is 6.04 Å². The zero-order valence-corrected chi connectivity index (χ0v) is 13.9. The van der Waals surface area contributed by atoms with Gasteiger partial charge in [-0.1, -0.05) is 6.07 Å².